The number of rotatable bonds is 11. The van der Waals surface area contributed by atoms with Gasteiger partial charge in [-0.1, -0.05) is 448 Å². The van der Waals surface area contributed by atoms with Gasteiger partial charge in [0.05, 0.1) is 60.7 Å². The summed E-state index contributed by atoms with van der Waals surface area (Å²) in [7, 11) is 0. The van der Waals surface area contributed by atoms with E-state index in [1.807, 2.05) is 143 Å². The number of aromatic nitrogens is 2. The van der Waals surface area contributed by atoms with Crippen LogP contribution in [0.15, 0.2) is 491 Å². The van der Waals surface area contributed by atoms with Crippen molar-refractivity contribution in [3.63, 3.8) is 0 Å². The van der Waals surface area contributed by atoms with E-state index in [2.05, 4.69) is 336 Å². The Hall–Kier alpha value is -17.9. The lowest BCUT2D eigenvalue weighted by Gasteiger charge is -2.45. The first-order valence-electron chi connectivity index (χ1n) is 56.9. The standard InChI is InChI=1S/C142H99BN4/c1-139(2,3)100-75-98(76-101(85-100)140(4,5)6)99-83-136-138-137(84-99)147(129-58-34-26-44-105(129)97-64-72-125-117(78-97)111-50-24-32-56-123(111)142(125)120-53-29-21-47-108(120)109-48-22-30-54-121(109)142)135-87-103(145-132-81-94(90-39-15-9-16-40-90)61-69-114(132)115-70-62-95(82-133(115)145)91-41-17-10-18-42-91)66-74-127(135)143(138)126-73-65-102(144-130-79-92(88-35-11-7-12-36-88)59-67-112(130)113-68-60-93(80-131(113)144)89-37-13-8-14-38-89)86-134(126)146(136)128-57-33-25-43-104(128)96-63-71-124-116(77-96)110-49-23-31-55-122(110)141(124)118-51-27-19-45-106(118)107-46-20-28-52-119(107)141/h7-87H,1-6H3/i59D,60D,61D,62D,67D,68D,69D,70D,79D,80D,81D,82D. The lowest BCUT2D eigenvalue weighted by molar-refractivity contribution is 0.569. The fourth-order valence-electron chi connectivity index (χ4n) is 25.7. The number of hydrogen-bond donors (Lipinski definition) is 0. The minimum atomic E-state index is -0.755. The van der Waals surface area contributed by atoms with Gasteiger partial charge in [0, 0.05) is 66.8 Å². The smallest absolute Gasteiger partial charge is 0.252 e. The van der Waals surface area contributed by atoms with E-state index >= 15 is 0 Å². The third kappa shape index (κ3) is 12.4. The van der Waals surface area contributed by atoms with Gasteiger partial charge in [0.15, 0.2) is 0 Å². The molecule has 0 saturated heterocycles. The molecule has 147 heavy (non-hydrogen) atoms. The van der Waals surface area contributed by atoms with Crippen molar-refractivity contribution in [1.29, 1.82) is 0 Å². The second kappa shape index (κ2) is 31.8. The second-order valence-electron chi connectivity index (χ2n) is 42.2. The van der Waals surface area contributed by atoms with Gasteiger partial charge in [0.1, 0.15) is 0 Å². The third-order valence-electron chi connectivity index (χ3n) is 32.3. The van der Waals surface area contributed by atoms with Gasteiger partial charge < -0.3 is 18.9 Å². The molecule has 22 aromatic carbocycles. The number of para-hydroxylation sites is 2. The molecule has 0 atom stereocenters. The summed E-state index contributed by atoms with van der Waals surface area (Å²) in [4.78, 5) is 4.89. The molecule has 0 bridgehead atoms. The summed E-state index contributed by atoms with van der Waals surface area (Å²) in [6.07, 6.45) is 0. The summed E-state index contributed by atoms with van der Waals surface area (Å²) in [6, 6.07) is 145. The van der Waals surface area contributed by atoms with Gasteiger partial charge in [-0.2, -0.15) is 0 Å². The minimum Gasteiger partial charge on any atom is -0.311 e. The number of nitrogens with zero attached hydrogens (tertiary/aromatic N) is 4. The van der Waals surface area contributed by atoms with Gasteiger partial charge in [-0.05, 0) is 279 Å². The summed E-state index contributed by atoms with van der Waals surface area (Å²) >= 11 is 0. The summed E-state index contributed by atoms with van der Waals surface area (Å²) in [6.45, 7) is 12.9. The molecular formula is C142H99BN4. The molecule has 4 aliphatic carbocycles. The zero-order chi connectivity index (χ0) is 108. The van der Waals surface area contributed by atoms with Crippen LogP contribution in [0.2, 0.25) is 0 Å². The average molecular weight is 1880 g/mol. The summed E-state index contributed by atoms with van der Waals surface area (Å²) in [5.41, 5.74) is 36.2. The van der Waals surface area contributed by atoms with Crippen LogP contribution in [0.25, 0.3) is 177 Å². The largest absolute Gasteiger partial charge is 0.311 e. The molecule has 0 fully saturated rings. The van der Waals surface area contributed by atoms with Crippen LogP contribution in [0.1, 0.15) is 114 Å². The fourth-order valence-corrected chi connectivity index (χ4v) is 25.7. The summed E-state index contributed by atoms with van der Waals surface area (Å²) in [5.74, 6) is 0. The molecule has 2 aromatic heterocycles. The average Bonchev–Trinajstić information content (AvgIpc) is 1.52. The Bertz CT molecular complexity index is 9620. The second-order valence-corrected chi connectivity index (χ2v) is 42.2. The molecule has 6 aliphatic rings. The molecule has 0 radical (unpaired) electrons. The molecule has 0 unspecified atom stereocenters. The summed E-state index contributed by atoms with van der Waals surface area (Å²) in [5, 5.41) is 0.400. The maximum atomic E-state index is 11.0. The molecule has 0 saturated carbocycles. The van der Waals surface area contributed by atoms with Crippen molar-refractivity contribution >= 4 is 101 Å². The Labute approximate surface area is 874 Å². The molecule has 24 aromatic rings. The van der Waals surface area contributed by atoms with Crippen molar-refractivity contribution in [2.24, 2.45) is 0 Å². The van der Waals surface area contributed by atoms with Crippen molar-refractivity contribution in [1.82, 2.24) is 9.13 Å². The zero-order valence-electron chi connectivity index (χ0n) is 93.7. The van der Waals surface area contributed by atoms with E-state index in [4.69, 9.17) is 0 Å². The molecule has 690 valence electrons. The van der Waals surface area contributed by atoms with E-state index in [0.717, 1.165) is 106 Å². The van der Waals surface area contributed by atoms with Crippen LogP contribution in [0.3, 0.4) is 0 Å². The monoisotopic (exact) mass is 1880 g/mol. The van der Waals surface area contributed by atoms with Crippen LogP contribution >= 0.6 is 0 Å². The highest BCUT2D eigenvalue weighted by Crippen LogP contribution is 2.66. The molecule has 0 N–H and O–H groups in total. The van der Waals surface area contributed by atoms with Crippen molar-refractivity contribution < 1.29 is 16.4 Å². The topological polar surface area (TPSA) is 16.3 Å². The maximum absolute atomic E-state index is 11.0. The van der Waals surface area contributed by atoms with Gasteiger partial charge in [-0.3, -0.25) is 0 Å². The molecule has 4 nitrogen and oxygen atoms in total. The van der Waals surface area contributed by atoms with E-state index in [-0.39, 0.29) is 149 Å². The molecule has 30 rings (SSSR count). The van der Waals surface area contributed by atoms with E-state index < -0.39 is 17.5 Å². The van der Waals surface area contributed by atoms with Gasteiger partial charge in [-0.15, -0.1) is 0 Å². The van der Waals surface area contributed by atoms with Crippen LogP contribution in [0, 0.1) is 0 Å². The van der Waals surface area contributed by atoms with Crippen LogP contribution < -0.4 is 26.2 Å². The molecule has 2 spiro atoms. The van der Waals surface area contributed by atoms with Crippen molar-refractivity contribution in [3.05, 3.63) is 547 Å². The fraction of sp³-hybridized carbons (Fsp3) is 0.0704. The van der Waals surface area contributed by atoms with Crippen molar-refractivity contribution in [2.45, 2.75) is 63.2 Å². The third-order valence-corrected chi connectivity index (χ3v) is 32.3. The highest BCUT2D eigenvalue weighted by molar-refractivity contribution is 7.00. The Morgan fingerprint density at radius 1 is 0.204 bits per heavy atom. The predicted molar refractivity (Wildman–Crippen MR) is 617 cm³/mol. The molecule has 4 heterocycles. The van der Waals surface area contributed by atoms with E-state index in [9.17, 15) is 16.4 Å². The summed E-state index contributed by atoms with van der Waals surface area (Å²) < 4.78 is 130. The van der Waals surface area contributed by atoms with Gasteiger partial charge in [-0.25, -0.2) is 0 Å². The molecule has 0 amide bonds. The quantitative estimate of drug-likeness (QED) is 0.120. The SMILES string of the molecule is [2H]c1c(-c2ccccc2)c([2H])c2c(c1[2H])c1c([2H])c([2H])c(-c3ccccc3)c([2H])c1n2-c1ccc2c(c1)N(c1ccccc1-c1ccc3c(c1)-c1ccccc1C31c3ccccc3-c3ccccc31)c1cc(-c3cc(C(C)(C)C)cc(C(C)(C)C)c3)cc3c1B2c1ccc(-n2c4c([2H])c(-c5ccccc5)c([2H])c([2H])c4c4c([2H])c([2H])c(-c5ccccc5)c([2H])c42)cc1N3c1ccccc1-c1ccc2c(c1)-c1ccccc1C21c2ccccc2-c2ccccc21. The number of benzene rings is 22. The Balaban J connectivity index is 0.758. The van der Waals surface area contributed by atoms with E-state index in [1.54, 1.807) is 0 Å². The Kier molecular flexibility index (Phi) is 15.8. The number of anilines is 6. The highest BCUT2D eigenvalue weighted by Gasteiger charge is 2.54. The Morgan fingerprint density at radius 2 is 0.476 bits per heavy atom. The highest BCUT2D eigenvalue weighted by atomic mass is 15.2. The zero-order valence-corrected chi connectivity index (χ0v) is 81.7. The van der Waals surface area contributed by atoms with Crippen LogP contribution in [-0.4, -0.2) is 15.8 Å². The van der Waals surface area contributed by atoms with Crippen molar-refractivity contribution in [3.8, 4) is 134 Å². The van der Waals surface area contributed by atoms with Crippen LogP contribution in [-0.2, 0) is 21.7 Å². The first-order chi connectivity index (χ1) is 77.2. The van der Waals surface area contributed by atoms with Gasteiger partial charge in [0.25, 0.3) is 6.71 Å². The van der Waals surface area contributed by atoms with Crippen LogP contribution in [0.5, 0.6) is 0 Å². The molecule has 5 heteroatoms. The minimum absolute atomic E-state index is 0.0999. The first kappa shape index (κ1) is 73.2. The van der Waals surface area contributed by atoms with Crippen molar-refractivity contribution in [2.75, 3.05) is 9.80 Å². The maximum Gasteiger partial charge on any atom is 0.252 e. The predicted octanol–water partition coefficient (Wildman–Crippen LogP) is 34.9. The first-order valence-corrected chi connectivity index (χ1v) is 50.9. The molecule has 2 aliphatic heterocycles. The number of hydrogen-bond acceptors (Lipinski definition) is 2. The Morgan fingerprint density at radius 3 is 0.789 bits per heavy atom. The van der Waals surface area contributed by atoms with Crippen LogP contribution in [0.4, 0.5) is 34.1 Å². The lowest BCUT2D eigenvalue weighted by atomic mass is 9.33. The van der Waals surface area contributed by atoms with Gasteiger partial charge >= 0.3 is 0 Å². The molecular weight excluding hydrogens is 1770 g/mol. The normalized spacial score (nSPS) is 14.9. The lowest BCUT2D eigenvalue weighted by Crippen LogP contribution is -2.61. The van der Waals surface area contributed by atoms with E-state index in [1.165, 1.54) is 66.8 Å². The van der Waals surface area contributed by atoms with E-state index in [0.29, 0.717) is 45.0 Å². The number of fused-ring (bicyclic) bond motifs is 30. The van der Waals surface area contributed by atoms with Gasteiger partial charge in [0.2, 0.25) is 0 Å².